The minimum Gasteiger partial charge on any atom is -0.308 e. The SMILES string of the molecule is Cc1ccc(-n2c(SCC(=O)N3c4ccc(S(N)(=O)=O)cc4C[C@@H]3C)nc3ccccc32)cc1. The number of benzene rings is 3. The van der Waals surface area contributed by atoms with Gasteiger partial charge in [0, 0.05) is 17.4 Å². The molecular formula is C25H24N4O3S2. The van der Waals surface area contributed by atoms with Gasteiger partial charge in [0.2, 0.25) is 15.9 Å². The Morgan fingerprint density at radius 2 is 1.85 bits per heavy atom. The summed E-state index contributed by atoms with van der Waals surface area (Å²) in [5.74, 6) is 0.151. The first-order chi connectivity index (χ1) is 16.2. The summed E-state index contributed by atoms with van der Waals surface area (Å²) >= 11 is 1.40. The molecule has 3 aromatic carbocycles. The topological polar surface area (TPSA) is 98.3 Å². The number of carbonyl (C=O) groups excluding carboxylic acids is 1. The molecule has 0 saturated carbocycles. The Kier molecular flexibility index (Phi) is 5.71. The number of fused-ring (bicyclic) bond motifs is 2. The van der Waals surface area contributed by atoms with Crippen molar-refractivity contribution in [2.75, 3.05) is 10.7 Å². The van der Waals surface area contributed by atoms with Crippen LogP contribution in [-0.2, 0) is 21.2 Å². The van der Waals surface area contributed by atoms with Crippen LogP contribution in [0.3, 0.4) is 0 Å². The Balaban J connectivity index is 1.43. The van der Waals surface area contributed by atoms with Crippen LogP contribution in [0.25, 0.3) is 16.7 Å². The van der Waals surface area contributed by atoms with Crippen molar-refractivity contribution in [3.05, 3.63) is 77.9 Å². The van der Waals surface area contributed by atoms with E-state index in [1.807, 2.05) is 38.1 Å². The van der Waals surface area contributed by atoms with E-state index in [1.165, 1.54) is 23.4 Å². The molecule has 1 amide bonds. The summed E-state index contributed by atoms with van der Waals surface area (Å²) in [6.07, 6.45) is 0.580. The Labute approximate surface area is 202 Å². The molecule has 7 nitrogen and oxygen atoms in total. The van der Waals surface area contributed by atoms with E-state index in [9.17, 15) is 13.2 Å². The van der Waals surface area contributed by atoms with Gasteiger partial charge in [-0.15, -0.1) is 0 Å². The zero-order valence-corrected chi connectivity index (χ0v) is 20.4. The molecule has 0 spiro atoms. The maximum absolute atomic E-state index is 13.3. The molecule has 0 radical (unpaired) electrons. The molecule has 1 aromatic heterocycles. The van der Waals surface area contributed by atoms with Crippen LogP contribution in [0.4, 0.5) is 5.69 Å². The van der Waals surface area contributed by atoms with Gasteiger partial charge in [-0.05, 0) is 68.3 Å². The van der Waals surface area contributed by atoms with Gasteiger partial charge in [0.25, 0.3) is 0 Å². The molecule has 0 unspecified atom stereocenters. The summed E-state index contributed by atoms with van der Waals surface area (Å²) < 4.78 is 25.5. The lowest BCUT2D eigenvalue weighted by molar-refractivity contribution is -0.116. The fourth-order valence-corrected chi connectivity index (χ4v) is 5.86. The fourth-order valence-electron chi connectivity index (χ4n) is 4.40. The van der Waals surface area contributed by atoms with Gasteiger partial charge in [0.15, 0.2) is 5.16 Å². The van der Waals surface area contributed by atoms with E-state index < -0.39 is 10.0 Å². The summed E-state index contributed by atoms with van der Waals surface area (Å²) in [6.45, 7) is 4.01. The number of amides is 1. The third kappa shape index (κ3) is 4.11. The van der Waals surface area contributed by atoms with Gasteiger partial charge < -0.3 is 4.90 Å². The highest BCUT2D eigenvalue weighted by Gasteiger charge is 2.32. The predicted octanol–water partition coefficient (Wildman–Crippen LogP) is 4.05. The number of hydrogen-bond donors (Lipinski definition) is 1. The lowest BCUT2D eigenvalue weighted by atomic mass is 10.1. The first-order valence-electron chi connectivity index (χ1n) is 10.9. The van der Waals surface area contributed by atoms with Gasteiger partial charge in [-0.2, -0.15) is 0 Å². The monoisotopic (exact) mass is 492 g/mol. The second kappa shape index (κ2) is 8.57. The van der Waals surface area contributed by atoms with Crippen molar-refractivity contribution in [2.45, 2.75) is 36.4 Å². The second-order valence-corrected chi connectivity index (χ2v) is 11.0. The van der Waals surface area contributed by atoms with Gasteiger partial charge in [0.1, 0.15) is 0 Å². The molecule has 34 heavy (non-hydrogen) atoms. The average Bonchev–Trinajstić information content (AvgIpc) is 3.33. The number of primary sulfonamides is 1. The average molecular weight is 493 g/mol. The Bertz CT molecular complexity index is 1510. The van der Waals surface area contributed by atoms with Crippen molar-refractivity contribution in [3.8, 4) is 5.69 Å². The highest BCUT2D eigenvalue weighted by molar-refractivity contribution is 7.99. The highest BCUT2D eigenvalue weighted by atomic mass is 32.2. The molecular weight excluding hydrogens is 468 g/mol. The first-order valence-corrected chi connectivity index (χ1v) is 13.4. The number of anilines is 1. The van der Waals surface area contributed by atoms with E-state index in [0.717, 1.165) is 33.1 Å². The molecule has 2 N–H and O–H groups in total. The second-order valence-electron chi connectivity index (χ2n) is 8.50. The number of sulfonamides is 1. The van der Waals surface area contributed by atoms with Crippen LogP contribution >= 0.6 is 11.8 Å². The van der Waals surface area contributed by atoms with Crippen LogP contribution in [-0.4, -0.2) is 35.7 Å². The molecule has 0 fully saturated rings. The van der Waals surface area contributed by atoms with Crippen molar-refractivity contribution >= 4 is 44.4 Å². The van der Waals surface area contributed by atoms with Crippen molar-refractivity contribution in [1.29, 1.82) is 0 Å². The maximum Gasteiger partial charge on any atom is 0.238 e. The highest BCUT2D eigenvalue weighted by Crippen LogP contribution is 2.35. The first kappa shape index (κ1) is 22.6. The molecule has 0 saturated heterocycles. The van der Waals surface area contributed by atoms with Gasteiger partial charge >= 0.3 is 0 Å². The summed E-state index contributed by atoms with van der Waals surface area (Å²) in [4.78, 5) is 19.9. The van der Waals surface area contributed by atoms with Crippen LogP contribution in [0.5, 0.6) is 0 Å². The Morgan fingerprint density at radius 3 is 2.59 bits per heavy atom. The standard InChI is InChI=1S/C25H24N4O3S2/c1-16-7-9-19(10-8-16)29-23-6-4-3-5-21(23)27-25(29)33-15-24(30)28-17(2)13-18-14-20(34(26,31)32)11-12-22(18)28/h3-12,14,17H,13,15H2,1-2H3,(H2,26,31,32)/t17-/m0/s1. The Morgan fingerprint density at radius 1 is 1.12 bits per heavy atom. The normalized spacial score (nSPS) is 15.6. The fraction of sp³-hybridized carbons (Fsp3) is 0.200. The molecule has 5 rings (SSSR count). The number of imidazole rings is 1. The van der Waals surface area contributed by atoms with Crippen LogP contribution in [0, 0.1) is 6.92 Å². The summed E-state index contributed by atoms with van der Waals surface area (Å²) in [7, 11) is -3.79. The number of hydrogen-bond acceptors (Lipinski definition) is 5. The van der Waals surface area contributed by atoms with Crippen molar-refractivity contribution in [3.63, 3.8) is 0 Å². The van der Waals surface area contributed by atoms with E-state index in [-0.39, 0.29) is 22.6 Å². The van der Waals surface area contributed by atoms with E-state index in [4.69, 9.17) is 10.1 Å². The number of carbonyl (C=O) groups is 1. The summed E-state index contributed by atoms with van der Waals surface area (Å²) in [5, 5.41) is 6.02. The molecule has 0 bridgehead atoms. The zero-order chi connectivity index (χ0) is 24.0. The van der Waals surface area contributed by atoms with Gasteiger partial charge in [-0.25, -0.2) is 18.5 Å². The molecule has 2 heterocycles. The maximum atomic E-state index is 13.3. The number of aromatic nitrogens is 2. The van der Waals surface area contributed by atoms with Crippen molar-refractivity contribution < 1.29 is 13.2 Å². The van der Waals surface area contributed by atoms with E-state index >= 15 is 0 Å². The van der Waals surface area contributed by atoms with Crippen LogP contribution in [0.2, 0.25) is 0 Å². The largest absolute Gasteiger partial charge is 0.308 e. The van der Waals surface area contributed by atoms with Crippen LogP contribution in [0.15, 0.2) is 76.8 Å². The molecule has 1 aliphatic rings. The summed E-state index contributed by atoms with van der Waals surface area (Å²) in [6, 6.07) is 20.8. The third-order valence-corrected chi connectivity index (χ3v) is 7.85. The van der Waals surface area contributed by atoms with Crippen molar-refractivity contribution in [2.24, 2.45) is 5.14 Å². The predicted molar refractivity (Wildman–Crippen MR) is 135 cm³/mol. The number of para-hydroxylation sites is 2. The van der Waals surface area contributed by atoms with E-state index in [1.54, 1.807) is 17.0 Å². The number of nitrogens with zero attached hydrogens (tertiary/aromatic N) is 3. The number of aryl methyl sites for hydroxylation is 1. The number of rotatable bonds is 5. The van der Waals surface area contributed by atoms with E-state index in [0.29, 0.717) is 6.42 Å². The lowest BCUT2D eigenvalue weighted by Gasteiger charge is -2.22. The molecule has 0 aliphatic carbocycles. The minimum atomic E-state index is -3.79. The van der Waals surface area contributed by atoms with Crippen LogP contribution in [0.1, 0.15) is 18.1 Å². The lowest BCUT2D eigenvalue weighted by Crippen LogP contribution is -2.37. The van der Waals surface area contributed by atoms with Gasteiger partial charge in [0.05, 0.1) is 21.7 Å². The van der Waals surface area contributed by atoms with Crippen molar-refractivity contribution in [1.82, 2.24) is 9.55 Å². The van der Waals surface area contributed by atoms with Crippen LogP contribution < -0.4 is 10.0 Å². The molecule has 9 heteroatoms. The van der Waals surface area contributed by atoms with E-state index in [2.05, 4.69) is 28.8 Å². The smallest absolute Gasteiger partial charge is 0.238 e. The Hall–Kier alpha value is -3.14. The number of thioether (sulfide) groups is 1. The molecule has 4 aromatic rings. The summed E-state index contributed by atoms with van der Waals surface area (Å²) in [5.41, 5.74) is 5.56. The van der Waals surface area contributed by atoms with Gasteiger partial charge in [-0.3, -0.25) is 9.36 Å². The third-order valence-electron chi connectivity index (χ3n) is 6.01. The minimum absolute atomic E-state index is 0.0536. The molecule has 1 atom stereocenters. The number of nitrogens with two attached hydrogens (primary N) is 1. The quantitative estimate of drug-likeness (QED) is 0.424. The molecule has 174 valence electrons. The molecule has 1 aliphatic heterocycles. The van der Waals surface area contributed by atoms with Gasteiger partial charge in [-0.1, -0.05) is 41.6 Å². The zero-order valence-electron chi connectivity index (χ0n) is 18.8.